The van der Waals surface area contributed by atoms with E-state index in [-0.39, 0.29) is 5.41 Å². The molecule has 1 aliphatic carbocycles. The van der Waals surface area contributed by atoms with Gasteiger partial charge in [0.15, 0.2) is 0 Å². The second kappa shape index (κ2) is 7.66. The second-order valence-corrected chi connectivity index (χ2v) is 6.83. The number of unbranched alkanes of at least 4 members (excludes halogenated alkanes) is 2. The predicted molar refractivity (Wildman–Crippen MR) is 105 cm³/mol. The number of fused-ring (bicyclic) bond motifs is 3. The van der Waals surface area contributed by atoms with Crippen LogP contribution in [0.5, 0.6) is 0 Å². The van der Waals surface area contributed by atoms with Crippen LogP contribution in [0.15, 0.2) is 73.3 Å². The third-order valence-corrected chi connectivity index (χ3v) is 5.38. The summed E-state index contributed by atoms with van der Waals surface area (Å²) in [6.45, 7) is 6.06. The minimum absolute atomic E-state index is 0.200. The molecular weight excluding hydrogens is 288 g/mol. The maximum atomic E-state index is 3.76. The first kappa shape index (κ1) is 16.8. The summed E-state index contributed by atoms with van der Waals surface area (Å²) in [5, 5.41) is 0. The smallest absolute Gasteiger partial charge is 0.0215 e. The average Bonchev–Trinajstić information content (AvgIpc) is 2.91. The summed E-state index contributed by atoms with van der Waals surface area (Å²) in [5.41, 5.74) is 6.20. The van der Waals surface area contributed by atoms with Crippen molar-refractivity contribution in [1.29, 1.82) is 0 Å². The van der Waals surface area contributed by atoms with Crippen LogP contribution in [0.4, 0.5) is 0 Å². The molecule has 0 aliphatic heterocycles. The summed E-state index contributed by atoms with van der Waals surface area (Å²) < 4.78 is 0. The van der Waals surface area contributed by atoms with Crippen LogP contribution in [0.3, 0.4) is 0 Å². The lowest BCUT2D eigenvalue weighted by atomic mass is 9.71. The monoisotopic (exact) mass is 316 g/mol. The van der Waals surface area contributed by atoms with Gasteiger partial charge in [-0.25, -0.2) is 0 Å². The predicted octanol–water partition coefficient (Wildman–Crippen LogP) is 7.06. The molecule has 0 heterocycles. The van der Waals surface area contributed by atoms with E-state index in [1.807, 2.05) is 6.08 Å². The lowest BCUT2D eigenvalue weighted by Gasteiger charge is -2.32. The number of allylic oxidation sites excluding steroid dienone is 3. The van der Waals surface area contributed by atoms with E-state index < -0.39 is 0 Å². The number of hydrogen-bond donors (Lipinski definition) is 0. The summed E-state index contributed by atoms with van der Waals surface area (Å²) in [4.78, 5) is 0. The molecule has 24 heavy (non-hydrogen) atoms. The van der Waals surface area contributed by atoms with Gasteiger partial charge in [0.05, 0.1) is 0 Å². The first-order chi connectivity index (χ1) is 11.8. The van der Waals surface area contributed by atoms with Crippen molar-refractivity contribution in [3.05, 3.63) is 84.5 Å². The molecule has 0 radical (unpaired) electrons. The van der Waals surface area contributed by atoms with Gasteiger partial charge >= 0.3 is 0 Å². The Morgan fingerprint density at radius 2 is 1.46 bits per heavy atom. The highest BCUT2D eigenvalue weighted by Gasteiger charge is 2.41. The Kier molecular flexibility index (Phi) is 5.35. The maximum Gasteiger partial charge on any atom is 0.0215 e. The van der Waals surface area contributed by atoms with E-state index in [9.17, 15) is 0 Å². The Morgan fingerprint density at radius 1 is 0.875 bits per heavy atom. The minimum atomic E-state index is 0.200. The lowest BCUT2D eigenvalue weighted by molar-refractivity contribution is 0.418. The van der Waals surface area contributed by atoms with Gasteiger partial charge in [0.2, 0.25) is 0 Å². The fraction of sp³-hybridized carbons (Fsp3) is 0.333. The van der Waals surface area contributed by atoms with Gasteiger partial charge in [0, 0.05) is 5.41 Å². The number of rotatable bonds is 8. The van der Waals surface area contributed by atoms with Crippen LogP contribution in [0.2, 0.25) is 0 Å². The Hall–Kier alpha value is -2.08. The van der Waals surface area contributed by atoms with Gasteiger partial charge in [-0.05, 0) is 47.9 Å². The highest BCUT2D eigenvalue weighted by Crippen LogP contribution is 2.53. The molecule has 0 bridgehead atoms. The van der Waals surface area contributed by atoms with E-state index in [0.29, 0.717) is 0 Å². The van der Waals surface area contributed by atoms with Crippen molar-refractivity contribution in [3.63, 3.8) is 0 Å². The molecule has 0 atom stereocenters. The number of benzene rings is 2. The van der Waals surface area contributed by atoms with Gasteiger partial charge < -0.3 is 0 Å². The van der Waals surface area contributed by atoms with Crippen LogP contribution in [0.1, 0.15) is 56.6 Å². The van der Waals surface area contributed by atoms with Gasteiger partial charge in [-0.2, -0.15) is 0 Å². The van der Waals surface area contributed by atoms with Gasteiger partial charge in [-0.1, -0.05) is 93.1 Å². The molecule has 1 aliphatic rings. The van der Waals surface area contributed by atoms with E-state index in [1.165, 1.54) is 43.2 Å². The van der Waals surface area contributed by atoms with E-state index >= 15 is 0 Å². The highest BCUT2D eigenvalue weighted by atomic mass is 14.4. The Labute approximate surface area is 146 Å². The van der Waals surface area contributed by atoms with Crippen molar-refractivity contribution in [2.75, 3.05) is 0 Å². The molecule has 0 heteroatoms. The Morgan fingerprint density at radius 3 is 2.04 bits per heavy atom. The molecule has 0 aromatic heterocycles. The zero-order valence-electron chi connectivity index (χ0n) is 14.8. The van der Waals surface area contributed by atoms with Crippen molar-refractivity contribution in [2.24, 2.45) is 0 Å². The average molecular weight is 316 g/mol. The highest BCUT2D eigenvalue weighted by molar-refractivity contribution is 5.80. The van der Waals surface area contributed by atoms with Gasteiger partial charge in [0.25, 0.3) is 0 Å². The SMILES string of the molecule is C=C/C=C\CCCC1(CCCC)c2ccccc2-c2ccccc21. The van der Waals surface area contributed by atoms with E-state index in [1.54, 1.807) is 11.1 Å². The fourth-order valence-electron chi connectivity index (χ4n) is 4.27. The Balaban J connectivity index is 2.00. The van der Waals surface area contributed by atoms with Crippen molar-refractivity contribution in [3.8, 4) is 11.1 Å². The molecule has 0 N–H and O–H groups in total. The molecule has 2 aromatic carbocycles. The Bertz CT molecular complexity index is 675. The second-order valence-electron chi connectivity index (χ2n) is 6.83. The van der Waals surface area contributed by atoms with Crippen molar-refractivity contribution in [1.82, 2.24) is 0 Å². The van der Waals surface area contributed by atoms with Crippen LogP contribution in [0, 0.1) is 0 Å². The van der Waals surface area contributed by atoms with Gasteiger partial charge in [0.1, 0.15) is 0 Å². The number of hydrogen-bond acceptors (Lipinski definition) is 0. The molecule has 0 saturated carbocycles. The summed E-state index contributed by atoms with van der Waals surface area (Å²) in [6.07, 6.45) is 13.5. The van der Waals surface area contributed by atoms with E-state index in [2.05, 4.69) is 74.2 Å². The van der Waals surface area contributed by atoms with Crippen molar-refractivity contribution < 1.29 is 0 Å². The van der Waals surface area contributed by atoms with Crippen LogP contribution >= 0.6 is 0 Å². The summed E-state index contributed by atoms with van der Waals surface area (Å²) in [6, 6.07) is 18.1. The molecule has 0 saturated heterocycles. The van der Waals surface area contributed by atoms with Gasteiger partial charge in [-0.15, -0.1) is 0 Å². The third-order valence-electron chi connectivity index (χ3n) is 5.38. The lowest BCUT2D eigenvalue weighted by Crippen LogP contribution is -2.25. The zero-order chi connectivity index (χ0) is 16.8. The standard InChI is InChI=1S/C24H28/c1-3-5-7-8-13-19-24(18-6-4-2)22-16-11-9-14-20(22)21-15-10-12-17-23(21)24/h3,5,7,9-12,14-17H,1,4,6,8,13,18-19H2,2H3/b7-5-. The molecule has 124 valence electrons. The van der Waals surface area contributed by atoms with E-state index in [4.69, 9.17) is 0 Å². The zero-order valence-corrected chi connectivity index (χ0v) is 14.8. The molecular formula is C24H28. The summed E-state index contributed by atoms with van der Waals surface area (Å²) in [5.74, 6) is 0. The third kappa shape index (κ3) is 2.98. The van der Waals surface area contributed by atoms with Crippen LogP contribution in [-0.4, -0.2) is 0 Å². The van der Waals surface area contributed by atoms with Crippen LogP contribution in [0.25, 0.3) is 11.1 Å². The first-order valence-corrected chi connectivity index (χ1v) is 9.30. The van der Waals surface area contributed by atoms with Crippen molar-refractivity contribution >= 4 is 0 Å². The first-order valence-electron chi connectivity index (χ1n) is 9.30. The normalized spacial score (nSPS) is 14.5. The molecule has 0 unspecified atom stereocenters. The van der Waals surface area contributed by atoms with Crippen LogP contribution < -0.4 is 0 Å². The fourth-order valence-corrected chi connectivity index (χ4v) is 4.27. The maximum absolute atomic E-state index is 3.76. The molecule has 0 amide bonds. The minimum Gasteiger partial charge on any atom is -0.0991 e. The quantitative estimate of drug-likeness (QED) is 0.361. The summed E-state index contributed by atoms with van der Waals surface area (Å²) in [7, 11) is 0. The van der Waals surface area contributed by atoms with Gasteiger partial charge in [-0.3, -0.25) is 0 Å². The molecule has 0 spiro atoms. The van der Waals surface area contributed by atoms with Crippen LogP contribution in [-0.2, 0) is 5.41 Å². The molecule has 2 aromatic rings. The van der Waals surface area contributed by atoms with Crippen molar-refractivity contribution in [2.45, 2.75) is 50.9 Å². The van der Waals surface area contributed by atoms with E-state index in [0.717, 1.165) is 6.42 Å². The molecule has 0 nitrogen and oxygen atoms in total. The summed E-state index contributed by atoms with van der Waals surface area (Å²) >= 11 is 0. The molecule has 3 rings (SSSR count). The largest absolute Gasteiger partial charge is 0.0991 e. The topological polar surface area (TPSA) is 0 Å². The molecule has 0 fully saturated rings.